The van der Waals surface area contributed by atoms with Crippen LogP contribution in [0.1, 0.15) is 12.0 Å². The van der Waals surface area contributed by atoms with Crippen molar-refractivity contribution >= 4 is 23.1 Å². The van der Waals surface area contributed by atoms with Gasteiger partial charge < -0.3 is 29.0 Å². The molecule has 33 heavy (non-hydrogen) atoms. The van der Waals surface area contributed by atoms with Crippen molar-refractivity contribution in [2.45, 2.75) is 6.42 Å². The first-order chi connectivity index (χ1) is 16.0. The van der Waals surface area contributed by atoms with Crippen molar-refractivity contribution in [1.29, 1.82) is 0 Å². The molecule has 0 radical (unpaired) electrons. The molecular formula is C24H28N2O7. The maximum atomic E-state index is 13.4. The normalized spacial score (nSPS) is 13.4. The minimum absolute atomic E-state index is 0.135. The van der Waals surface area contributed by atoms with Crippen LogP contribution in [0.5, 0.6) is 23.0 Å². The second-order valence-corrected chi connectivity index (χ2v) is 7.10. The van der Waals surface area contributed by atoms with E-state index in [4.69, 9.17) is 23.7 Å². The molecule has 1 aliphatic rings. The van der Waals surface area contributed by atoms with Crippen LogP contribution >= 0.6 is 0 Å². The molecule has 0 atom stereocenters. The second kappa shape index (κ2) is 10.7. The third-order valence-electron chi connectivity index (χ3n) is 5.21. The average molecular weight is 456 g/mol. The summed E-state index contributed by atoms with van der Waals surface area (Å²) in [6.07, 6.45) is 0.518. The van der Waals surface area contributed by atoms with Gasteiger partial charge in [0.05, 0.1) is 34.0 Å². The molecule has 9 heteroatoms. The lowest BCUT2D eigenvalue weighted by atomic mass is 10.0. The number of imide groups is 1. The Bertz CT molecular complexity index is 1040. The monoisotopic (exact) mass is 456 g/mol. The number of carbonyl (C=O) groups excluding carboxylic acids is 2. The molecule has 3 rings (SSSR count). The SMILES string of the molecule is COCCCN1C(=O)C(Nc2cc(OC)c(OC)c(OC)c2)=C(c2ccccc2OC)C1=O. The van der Waals surface area contributed by atoms with Crippen LogP contribution in [0.15, 0.2) is 42.1 Å². The van der Waals surface area contributed by atoms with Gasteiger partial charge in [0, 0.05) is 43.6 Å². The van der Waals surface area contributed by atoms with Crippen molar-refractivity contribution in [2.75, 3.05) is 54.0 Å². The van der Waals surface area contributed by atoms with E-state index in [-0.39, 0.29) is 17.8 Å². The van der Waals surface area contributed by atoms with Crippen molar-refractivity contribution in [3.63, 3.8) is 0 Å². The minimum Gasteiger partial charge on any atom is -0.496 e. The lowest BCUT2D eigenvalue weighted by Crippen LogP contribution is -2.33. The summed E-state index contributed by atoms with van der Waals surface area (Å²) in [5.74, 6) is 0.873. The Hall–Kier alpha value is -3.72. The Balaban J connectivity index is 2.11. The number of rotatable bonds is 11. The topological polar surface area (TPSA) is 95.6 Å². The Labute approximate surface area is 192 Å². The number of hydrogen-bond donors (Lipinski definition) is 1. The predicted molar refractivity (Wildman–Crippen MR) is 123 cm³/mol. The summed E-state index contributed by atoms with van der Waals surface area (Å²) in [7, 11) is 7.60. The van der Waals surface area contributed by atoms with E-state index in [1.165, 1.54) is 33.3 Å². The van der Waals surface area contributed by atoms with Gasteiger partial charge in [0.1, 0.15) is 11.4 Å². The number of para-hydroxylation sites is 1. The van der Waals surface area contributed by atoms with Gasteiger partial charge in [0.15, 0.2) is 11.5 Å². The van der Waals surface area contributed by atoms with Crippen LogP contribution in [0.4, 0.5) is 5.69 Å². The number of hydrogen-bond acceptors (Lipinski definition) is 8. The average Bonchev–Trinajstić information content (AvgIpc) is 3.07. The predicted octanol–water partition coefficient (Wildman–Crippen LogP) is 2.95. The molecule has 0 saturated heterocycles. The largest absolute Gasteiger partial charge is 0.496 e. The molecule has 0 bridgehead atoms. The van der Waals surface area contributed by atoms with Gasteiger partial charge in [0.2, 0.25) is 5.75 Å². The fraction of sp³-hybridized carbons (Fsp3) is 0.333. The molecule has 0 saturated carbocycles. The zero-order valence-corrected chi connectivity index (χ0v) is 19.4. The van der Waals surface area contributed by atoms with Crippen LogP contribution in [-0.2, 0) is 14.3 Å². The smallest absolute Gasteiger partial charge is 0.278 e. The lowest BCUT2D eigenvalue weighted by molar-refractivity contribution is -0.137. The summed E-state index contributed by atoms with van der Waals surface area (Å²) < 4.78 is 26.7. The van der Waals surface area contributed by atoms with Crippen molar-refractivity contribution < 1.29 is 33.3 Å². The number of nitrogens with one attached hydrogen (secondary N) is 1. The van der Waals surface area contributed by atoms with Crippen molar-refractivity contribution in [2.24, 2.45) is 0 Å². The molecule has 0 aliphatic carbocycles. The van der Waals surface area contributed by atoms with Gasteiger partial charge in [-0.15, -0.1) is 0 Å². The first-order valence-electron chi connectivity index (χ1n) is 10.3. The molecule has 176 valence electrons. The van der Waals surface area contributed by atoms with Crippen LogP contribution < -0.4 is 24.3 Å². The van der Waals surface area contributed by atoms with E-state index in [2.05, 4.69) is 5.32 Å². The van der Waals surface area contributed by atoms with Crippen LogP contribution in [0.25, 0.3) is 5.57 Å². The van der Waals surface area contributed by atoms with Crippen LogP contribution in [0.2, 0.25) is 0 Å². The molecule has 2 amide bonds. The number of nitrogens with zero attached hydrogens (tertiary/aromatic N) is 1. The zero-order valence-electron chi connectivity index (χ0n) is 19.4. The molecule has 0 aromatic heterocycles. The lowest BCUT2D eigenvalue weighted by Gasteiger charge is -2.16. The highest BCUT2D eigenvalue weighted by Gasteiger charge is 2.40. The van der Waals surface area contributed by atoms with Gasteiger partial charge >= 0.3 is 0 Å². The highest BCUT2D eigenvalue weighted by atomic mass is 16.5. The highest BCUT2D eigenvalue weighted by Crippen LogP contribution is 2.41. The zero-order chi connectivity index (χ0) is 24.0. The maximum absolute atomic E-state index is 13.4. The molecule has 9 nitrogen and oxygen atoms in total. The first kappa shape index (κ1) is 23.9. The summed E-state index contributed by atoms with van der Waals surface area (Å²) in [5.41, 5.74) is 1.37. The number of benzene rings is 2. The summed E-state index contributed by atoms with van der Waals surface area (Å²) in [6, 6.07) is 10.4. The summed E-state index contributed by atoms with van der Waals surface area (Å²) in [4.78, 5) is 27.9. The van der Waals surface area contributed by atoms with Crippen LogP contribution in [-0.4, -0.2) is 65.4 Å². The van der Waals surface area contributed by atoms with Gasteiger partial charge in [-0.05, 0) is 12.5 Å². The van der Waals surface area contributed by atoms with Gasteiger partial charge in [-0.3, -0.25) is 14.5 Å². The molecule has 1 heterocycles. The quantitative estimate of drug-likeness (QED) is 0.407. The summed E-state index contributed by atoms with van der Waals surface area (Å²) in [6.45, 7) is 0.654. The highest BCUT2D eigenvalue weighted by molar-refractivity contribution is 6.37. The van der Waals surface area contributed by atoms with Gasteiger partial charge in [0.25, 0.3) is 11.8 Å². The molecular weight excluding hydrogens is 428 g/mol. The molecule has 0 spiro atoms. The van der Waals surface area contributed by atoms with Crippen molar-refractivity contribution in [3.8, 4) is 23.0 Å². The van der Waals surface area contributed by atoms with E-state index >= 15 is 0 Å². The minimum atomic E-state index is -0.439. The van der Waals surface area contributed by atoms with Crippen molar-refractivity contribution in [1.82, 2.24) is 4.90 Å². The first-order valence-corrected chi connectivity index (χ1v) is 10.3. The van der Waals surface area contributed by atoms with Crippen molar-refractivity contribution in [3.05, 3.63) is 47.7 Å². The van der Waals surface area contributed by atoms with Gasteiger partial charge in [-0.1, -0.05) is 18.2 Å². The van der Waals surface area contributed by atoms with E-state index in [9.17, 15) is 9.59 Å². The van der Waals surface area contributed by atoms with Gasteiger partial charge in [-0.25, -0.2) is 0 Å². The van der Waals surface area contributed by atoms with E-state index < -0.39 is 11.8 Å². The number of anilines is 1. The molecule has 0 unspecified atom stereocenters. The fourth-order valence-electron chi connectivity index (χ4n) is 3.66. The molecule has 1 aliphatic heterocycles. The molecule has 0 fully saturated rings. The molecule has 2 aromatic rings. The van der Waals surface area contributed by atoms with E-state index in [0.717, 1.165) is 0 Å². The maximum Gasteiger partial charge on any atom is 0.278 e. The third-order valence-corrected chi connectivity index (χ3v) is 5.21. The molecule has 2 aromatic carbocycles. The van der Waals surface area contributed by atoms with E-state index in [0.29, 0.717) is 47.3 Å². The van der Waals surface area contributed by atoms with E-state index in [1.54, 1.807) is 43.5 Å². The second-order valence-electron chi connectivity index (χ2n) is 7.10. The summed E-state index contributed by atoms with van der Waals surface area (Å²) >= 11 is 0. The number of methoxy groups -OCH3 is 5. The number of ether oxygens (including phenoxy) is 5. The van der Waals surface area contributed by atoms with Crippen LogP contribution in [0, 0.1) is 0 Å². The summed E-state index contributed by atoms with van der Waals surface area (Å²) in [5, 5.41) is 3.11. The van der Waals surface area contributed by atoms with Crippen LogP contribution in [0.3, 0.4) is 0 Å². The fourth-order valence-corrected chi connectivity index (χ4v) is 3.66. The Morgan fingerprint density at radius 1 is 0.818 bits per heavy atom. The molecule has 1 N–H and O–H groups in total. The Morgan fingerprint density at radius 2 is 1.45 bits per heavy atom. The number of amides is 2. The Morgan fingerprint density at radius 3 is 2.03 bits per heavy atom. The standard InChI is InChI=1S/C24H28N2O7/c1-29-12-8-11-26-23(27)20(16-9-6-7-10-17(16)30-2)21(24(26)28)25-15-13-18(31-3)22(33-5)19(14-15)32-4/h6-7,9-10,13-14,25H,8,11-12H2,1-5H3. The van der Waals surface area contributed by atoms with Gasteiger partial charge in [-0.2, -0.15) is 0 Å². The van der Waals surface area contributed by atoms with E-state index in [1.807, 2.05) is 0 Å². The number of carbonyl (C=O) groups is 2. The third kappa shape index (κ3) is 4.73. The Kier molecular flexibility index (Phi) is 7.78.